The van der Waals surface area contributed by atoms with Gasteiger partial charge in [0, 0.05) is 10.1 Å². The van der Waals surface area contributed by atoms with Gasteiger partial charge in [-0.3, -0.25) is 0 Å². The van der Waals surface area contributed by atoms with Gasteiger partial charge in [0.25, 0.3) is 0 Å². The van der Waals surface area contributed by atoms with Crippen LogP contribution in [0.15, 0.2) is 41.8 Å². The third-order valence-corrected chi connectivity index (χ3v) is 2.65. The van der Waals surface area contributed by atoms with E-state index in [4.69, 9.17) is 0 Å². The van der Waals surface area contributed by atoms with Gasteiger partial charge in [-0.2, -0.15) is 0 Å². The molecule has 0 bridgehead atoms. The molecule has 0 spiro atoms. The Morgan fingerprint density at radius 1 is 1.46 bits per heavy atom. The summed E-state index contributed by atoms with van der Waals surface area (Å²) in [4.78, 5) is 1.36. The molecule has 0 amide bonds. The molecule has 1 aromatic rings. The maximum atomic E-state index is 3.74. The van der Waals surface area contributed by atoms with Crippen molar-refractivity contribution < 1.29 is 0 Å². The van der Waals surface area contributed by atoms with Crippen molar-refractivity contribution in [3.63, 3.8) is 0 Å². The van der Waals surface area contributed by atoms with E-state index in [0.29, 0.717) is 5.25 Å². The van der Waals surface area contributed by atoms with Crippen molar-refractivity contribution in [1.29, 1.82) is 0 Å². The molecule has 13 heavy (non-hydrogen) atoms. The summed E-state index contributed by atoms with van der Waals surface area (Å²) in [6.07, 6.45) is 2.91. The van der Waals surface area contributed by atoms with Crippen molar-refractivity contribution in [3.8, 4) is 0 Å². The molecule has 70 valence electrons. The van der Waals surface area contributed by atoms with Gasteiger partial charge in [-0.15, -0.1) is 18.3 Å². The lowest BCUT2D eigenvalue weighted by Gasteiger charge is -2.05. The van der Waals surface area contributed by atoms with E-state index in [1.165, 1.54) is 10.5 Å². The molecule has 0 saturated carbocycles. The monoisotopic (exact) mass is 192 g/mol. The van der Waals surface area contributed by atoms with E-state index in [1.54, 1.807) is 0 Å². The van der Waals surface area contributed by atoms with Crippen LogP contribution in [0.1, 0.15) is 19.4 Å². The van der Waals surface area contributed by atoms with Gasteiger partial charge >= 0.3 is 0 Å². The Bertz CT molecular complexity index is 276. The second kappa shape index (κ2) is 5.13. The van der Waals surface area contributed by atoms with E-state index in [2.05, 4.69) is 44.7 Å². The largest absolute Gasteiger partial charge is 0.123 e. The van der Waals surface area contributed by atoms with Gasteiger partial charge in [0.05, 0.1) is 0 Å². The van der Waals surface area contributed by atoms with Crippen molar-refractivity contribution in [2.45, 2.75) is 30.4 Å². The van der Waals surface area contributed by atoms with E-state index in [-0.39, 0.29) is 0 Å². The van der Waals surface area contributed by atoms with Crippen LogP contribution in [0.25, 0.3) is 0 Å². The molecule has 0 saturated heterocycles. The Labute approximate surface area is 85.1 Å². The van der Waals surface area contributed by atoms with Crippen LogP contribution in [-0.4, -0.2) is 5.25 Å². The Hall–Kier alpha value is -0.690. The van der Waals surface area contributed by atoms with Crippen LogP contribution in [0.3, 0.4) is 0 Å². The standard InChI is InChI=1S/C12H16S/c1-4-6-11-7-5-8-12(9-11)13-10(2)3/h4-5,7-10H,1,6H2,2-3H3. The third kappa shape index (κ3) is 3.69. The lowest BCUT2D eigenvalue weighted by atomic mass is 10.2. The number of hydrogen-bond acceptors (Lipinski definition) is 1. The molecular weight excluding hydrogens is 176 g/mol. The molecule has 0 unspecified atom stereocenters. The predicted molar refractivity (Wildman–Crippen MR) is 61.3 cm³/mol. The summed E-state index contributed by atoms with van der Waals surface area (Å²) in [6, 6.07) is 8.67. The molecule has 1 rings (SSSR count). The number of hydrogen-bond donors (Lipinski definition) is 0. The molecule has 0 aliphatic carbocycles. The molecule has 0 aliphatic heterocycles. The molecule has 0 fully saturated rings. The fourth-order valence-electron chi connectivity index (χ4n) is 1.18. The van der Waals surface area contributed by atoms with Crippen molar-refractivity contribution in [2.75, 3.05) is 0 Å². The Morgan fingerprint density at radius 2 is 2.23 bits per heavy atom. The average molecular weight is 192 g/mol. The molecule has 0 atom stereocenters. The normalized spacial score (nSPS) is 10.4. The highest BCUT2D eigenvalue weighted by Gasteiger charge is 1.98. The zero-order chi connectivity index (χ0) is 9.68. The first-order chi connectivity index (χ1) is 6.22. The molecule has 1 heteroatoms. The highest BCUT2D eigenvalue weighted by molar-refractivity contribution is 7.99. The van der Waals surface area contributed by atoms with Gasteiger partial charge in [-0.05, 0) is 24.1 Å². The van der Waals surface area contributed by atoms with Gasteiger partial charge in [-0.25, -0.2) is 0 Å². The van der Waals surface area contributed by atoms with Gasteiger partial charge < -0.3 is 0 Å². The number of benzene rings is 1. The smallest absolute Gasteiger partial charge is 0.00774 e. The zero-order valence-corrected chi connectivity index (χ0v) is 9.10. The maximum Gasteiger partial charge on any atom is 0.00774 e. The summed E-state index contributed by atoms with van der Waals surface area (Å²) < 4.78 is 0. The van der Waals surface area contributed by atoms with Crippen molar-refractivity contribution in [3.05, 3.63) is 42.5 Å². The minimum Gasteiger partial charge on any atom is -0.123 e. The van der Waals surface area contributed by atoms with Crippen LogP contribution >= 0.6 is 11.8 Å². The fourth-order valence-corrected chi connectivity index (χ4v) is 2.11. The first kappa shape index (κ1) is 10.4. The molecule has 0 heterocycles. The average Bonchev–Trinajstić information content (AvgIpc) is 2.04. The van der Waals surface area contributed by atoms with Gasteiger partial charge in [0.15, 0.2) is 0 Å². The molecular formula is C12H16S. The van der Waals surface area contributed by atoms with Crippen LogP contribution < -0.4 is 0 Å². The van der Waals surface area contributed by atoms with Gasteiger partial charge in [-0.1, -0.05) is 32.1 Å². The third-order valence-electron chi connectivity index (χ3n) is 1.65. The topological polar surface area (TPSA) is 0 Å². The predicted octanol–water partition coefficient (Wildman–Crippen LogP) is 3.92. The number of rotatable bonds is 4. The van der Waals surface area contributed by atoms with Crippen LogP contribution in [0, 0.1) is 0 Å². The fraction of sp³-hybridized carbons (Fsp3) is 0.333. The van der Waals surface area contributed by atoms with E-state index >= 15 is 0 Å². The zero-order valence-electron chi connectivity index (χ0n) is 8.29. The summed E-state index contributed by atoms with van der Waals surface area (Å²) in [6.45, 7) is 8.17. The van der Waals surface area contributed by atoms with Gasteiger partial charge in [0.1, 0.15) is 0 Å². The SMILES string of the molecule is C=CCc1cccc(SC(C)C)c1. The maximum absolute atomic E-state index is 3.74. The summed E-state index contributed by atoms with van der Waals surface area (Å²) in [7, 11) is 0. The molecule has 0 radical (unpaired) electrons. The quantitative estimate of drug-likeness (QED) is 0.515. The van der Waals surface area contributed by atoms with Crippen LogP contribution in [-0.2, 0) is 6.42 Å². The first-order valence-electron chi connectivity index (χ1n) is 4.59. The Balaban J connectivity index is 2.72. The second-order valence-corrected chi connectivity index (χ2v) is 4.96. The molecule has 0 aromatic heterocycles. The molecule has 0 N–H and O–H groups in total. The van der Waals surface area contributed by atoms with E-state index in [9.17, 15) is 0 Å². The lowest BCUT2D eigenvalue weighted by Crippen LogP contribution is -1.87. The van der Waals surface area contributed by atoms with Gasteiger partial charge in [0.2, 0.25) is 0 Å². The number of thioether (sulfide) groups is 1. The summed E-state index contributed by atoms with van der Waals surface area (Å²) in [5.41, 5.74) is 1.35. The highest BCUT2D eigenvalue weighted by Crippen LogP contribution is 2.23. The van der Waals surface area contributed by atoms with Crippen molar-refractivity contribution in [1.82, 2.24) is 0 Å². The van der Waals surface area contributed by atoms with Crippen LogP contribution in [0.4, 0.5) is 0 Å². The summed E-state index contributed by atoms with van der Waals surface area (Å²) >= 11 is 1.90. The van der Waals surface area contributed by atoms with Crippen molar-refractivity contribution in [2.24, 2.45) is 0 Å². The molecule has 0 aliphatic rings. The van der Waals surface area contributed by atoms with E-state index < -0.39 is 0 Å². The van der Waals surface area contributed by atoms with Crippen LogP contribution in [0.5, 0.6) is 0 Å². The minimum atomic E-state index is 0.652. The van der Waals surface area contributed by atoms with E-state index in [0.717, 1.165) is 6.42 Å². The highest BCUT2D eigenvalue weighted by atomic mass is 32.2. The number of allylic oxidation sites excluding steroid dienone is 1. The van der Waals surface area contributed by atoms with Crippen molar-refractivity contribution >= 4 is 11.8 Å². The lowest BCUT2D eigenvalue weighted by molar-refractivity contribution is 1.11. The molecule has 1 aromatic carbocycles. The van der Waals surface area contributed by atoms with E-state index in [1.807, 2.05) is 17.8 Å². The first-order valence-corrected chi connectivity index (χ1v) is 5.47. The second-order valence-electron chi connectivity index (χ2n) is 3.31. The summed E-state index contributed by atoms with van der Waals surface area (Å²) in [5, 5.41) is 0.652. The Morgan fingerprint density at radius 3 is 2.85 bits per heavy atom. The molecule has 0 nitrogen and oxygen atoms in total. The Kier molecular flexibility index (Phi) is 4.10. The minimum absolute atomic E-state index is 0.652. The summed E-state index contributed by atoms with van der Waals surface area (Å²) in [5.74, 6) is 0. The van der Waals surface area contributed by atoms with Crippen LogP contribution in [0.2, 0.25) is 0 Å².